The van der Waals surface area contributed by atoms with Crippen molar-refractivity contribution < 1.29 is 21.9 Å². The number of aliphatic hydroxyl groups excluding tert-OH is 1. The van der Waals surface area contributed by atoms with Gasteiger partial charge >= 0.3 is 0 Å². The van der Waals surface area contributed by atoms with Crippen molar-refractivity contribution in [2.45, 2.75) is 22.3 Å². The van der Waals surface area contributed by atoms with Gasteiger partial charge in [-0.3, -0.25) is 0 Å². The first-order chi connectivity index (χ1) is 15.6. The van der Waals surface area contributed by atoms with Crippen LogP contribution in [0.25, 0.3) is 0 Å². The Hall–Kier alpha value is -2.82. The Morgan fingerprint density at radius 2 is 2.00 bits per heavy atom. The molecule has 4 rings (SSSR count). The number of benzene rings is 1. The molecule has 0 spiro atoms. The number of anilines is 2. The normalized spacial score (nSPS) is 16.7. The zero-order chi connectivity index (χ0) is 23.8. The SMILES string of the molecule is NC[C@@H](O)CNS(=O)(=O)c1ccc(N2CCc3cccnc32)c(C2=NCN=N2)c1S(N)(=O)=O. The van der Waals surface area contributed by atoms with Gasteiger partial charge in [0.2, 0.25) is 20.0 Å². The standard InChI is InChI=1S/C18H22N8O5S2/c19-8-12(27)9-24-33(30,31)14-4-3-13(26-7-5-11-2-1-6-21-18(11)26)15(16(14)32(20,28)29)17-22-10-23-25-17/h1-4,6,12,24,27H,5,7-10,19H2,(H2,20,28,29)/t12-/m1/s1. The number of nitrogens with one attached hydrogen (secondary N) is 1. The second kappa shape index (κ2) is 8.85. The van der Waals surface area contributed by atoms with Crippen LogP contribution >= 0.6 is 0 Å². The van der Waals surface area contributed by atoms with Gasteiger partial charge in [0.15, 0.2) is 12.5 Å². The van der Waals surface area contributed by atoms with E-state index in [1.807, 2.05) is 6.07 Å². The van der Waals surface area contributed by atoms with Crippen LogP contribution < -0.4 is 20.5 Å². The number of hydrogen-bond acceptors (Lipinski definition) is 11. The Kier molecular flexibility index (Phi) is 6.26. The van der Waals surface area contributed by atoms with Gasteiger partial charge in [-0.25, -0.2) is 36.7 Å². The molecule has 1 aromatic heterocycles. The van der Waals surface area contributed by atoms with Gasteiger partial charge in [0.1, 0.15) is 15.6 Å². The van der Waals surface area contributed by atoms with Crippen LogP contribution in [-0.2, 0) is 26.5 Å². The second-order valence-electron chi connectivity index (χ2n) is 7.33. The average Bonchev–Trinajstić information content (AvgIpc) is 3.46. The van der Waals surface area contributed by atoms with Gasteiger partial charge in [0.25, 0.3) is 0 Å². The number of aromatic nitrogens is 1. The molecule has 15 heteroatoms. The Labute approximate surface area is 190 Å². The molecule has 33 heavy (non-hydrogen) atoms. The van der Waals surface area contributed by atoms with E-state index in [-0.39, 0.29) is 24.6 Å². The van der Waals surface area contributed by atoms with Crippen LogP contribution in [-0.4, -0.2) is 65.2 Å². The lowest BCUT2D eigenvalue weighted by Crippen LogP contribution is -2.37. The average molecular weight is 495 g/mol. The van der Waals surface area contributed by atoms with E-state index in [0.29, 0.717) is 24.5 Å². The summed E-state index contributed by atoms with van der Waals surface area (Å²) in [5.41, 5.74) is 6.52. The lowest BCUT2D eigenvalue weighted by molar-refractivity contribution is 0.186. The summed E-state index contributed by atoms with van der Waals surface area (Å²) in [5, 5.41) is 22.9. The number of aliphatic imine (C=N–C) groups is 1. The fourth-order valence-electron chi connectivity index (χ4n) is 3.65. The van der Waals surface area contributed by atoms with Gasteiger partial charge in [0, 0.05) is 25.8 Å². The highest BCUT2D eigenvalue weighted by Gasteiger charge is 2.35. The molecular weight excluding hydrogens is 472 g/mol. The molecule has 0 unspecified atom stereocenters. The number of nitrogens with two attached hydrogens (primary N) is 2. The topological polar surface area (TPSA) is 206 Å². The van der Waals surface area contributed by atoms with Crippen LogP contribution in [0.5, 0.6) is 0 Å². The van der Waals surface area contributed by atoms with E-state index in [1.54, 1.807) is 17.2 Å². The van der Waals surface area contributed by atoms with Crippen molar-refractivity contribution in [2.75, 3.05) is 31.2 Å². The van der Waals surface area contributed by atoms with Crippen molar-refractivity contribution in [3.05, 3.63) is 41.6 Å². The van der Waals surface area contributed by atoms with Gasteiger partial charge in [-0.2, -0.15) is 5.11 Å². The minimum atomic E-state index is -4.59. The number of primary sulfonamides is 1. The summed E-state index contributed by atoms with van der Waals surface area (Å²) in [6.45, 7) is -0.163. The molecule has 176 valence electrons. The van der Waals surface area contributed by atoms with Crippen molar-refractivity contribution in [3.63, 3.8) is 0 Å². The summed E-state index contributed by atoms with van der Waals surface area (Å²) >= 11 is 0. The van der Waals surface area contributed by atoms with E-state index in [2.05, 4.69) is 24.9 Å². The van der Waals surface area contributed by atoms with Crippen LogP contribution in [0.4, 0.5) is 11.5 Å². The summed E-state index contributed by atoms with van der Waals surface area (Å²) in [6, 6.07) is 6.30. The Balaban J connectivity index is 1.95. The van der Waals surface area contributed by atoms with Crippen LogP contribution in [0.2, 0.25) is 0 Å². The summed E-state index contributed by atoms with van der Waals surface area (Å²) in [7, 11) is -9.01. The maximum Gasteiger partial charge on any atom is 0.242 e. The molecule has 0 amide bonds. The predicted octanol–water partition coefficient (Wildman–Crippen LogP) is -0.809. The van der Waals surface area contributed by atoms with Crippen molar-refractivity contribution in [1.82, 2.24) is 9.71 Å². The van der Waals surface area contributed by atoms with Crippen molar-refractivity contribution in [1.29, 1.82) is 0 Å². The second-order valence-corrected chi connectivity index (χ2v) is 10.6. The number of hydrogen-bond donors (Lipinski definition) is 4. The third kappa shape index (κ3) is 4.50. The first-order valence-electron chi connectivity index (χ1n) is 9.85. The lowest BCUT2D eigenvalue weighted by Gasteiger charge is -2.24. The molecule has 6 N–H and O–H groups in total. The summed E-state index contributed by atoms with van der Waals surface area (Å²) < 4.78 is 53.7. The fourth-order valence-corrected chi connectivity index (χ4v) is 6.32. The predicted molar refractivity (Wildman–Crippen MR) is 119 cm³/mol. The molecular formula is C18H22N8O5S2. The monoisotopic (exact) mass is 494 g/mol. The fraction of sp³-hybridized carbons (Fsp3) is 0.333. The minimum absolute atomic E-state index is 0.0361. The third-order valence-corrected chi connectivity index (χ3v) is 7.73. The van der Waals surface area contributed by atoms with E-state index in [9.17, 15) is 21.9 Å². The summed E-state index contributed by atoms with van der Waals surface area (Å²) in [5.74, 6) is 0.548. The molecule has 0 fully saturated rings. The molecule has 1 atom stereocenters. The van der Waals surface area contributed by atoms with Gasteiger partial charge < -0.3 is 15.7 Å². The zero-order valence-corrected chi connectivity index (χ0v) is 18.9. The number of amidine groups is 1. The first kappa shape index (κ1) is 23.3. The largest absolute Gasteiger partial charge is 0.390 e. The van der Waals surface area contributed by atoms with Crippen molar-refractivity contribution >= 4 is 37.4 Å². The summed E-state index contributed by atoms with van der Waals surface area (Å²) in [4.78, 5) is 9.01. The van der Waals surface area contributed by atoms with Gasteiger partial charge in [0.05, 0.1) is 17.4 Å². The molecule has 2 aliphatic heterocycles. The molecule has 0 bridgehead atoms. The van der Waals surface area contributed by atoms with Crippen molar-refractivity contribution in [2.24, 2.45) is 26.1 Å². The number of fused-ring (bicyclic) bond motifs is 1. The van der Waals surface area contributed by atoms with Crippen molar-refractivity contribution in [3.8, 4) is 0 Å². The highest BCUT2D eigenvalue weighted by molar-refractivity contribution is 7.92. The van der Waals surface area contributed by atoms with Crippen LogP contribution in [0.1, 0.15) is 11.1 Å². The Bertz CT molecular complexity index is 1360. The van der Waals surface area contributed by atoms with Crippen LogP contribution in [0.3, 0.4) is 0 Å². The van der Waals surface area contributed by atoms with Crippen LogP contribution in [0, 0.1) is 0 Å². The Morgan fingerprint density at radius 1 is 1.21 bits per heavy atom. The highest BCUT2D eigenvalue weighted by Crippen LogP contribution is 2.39. The third-order valence-electron chi connectivity index (χ3n) is 5.15. The molecule has 0 radical (unpaired) electrons. The molecule has 1 aromatic carbocycles. The van der Waals surface area contributed by atoms with Crippen LogP contribution in [0.15, 0.2) is 55.5 Å². The molecule has 2 aromatic rings. The number of sulfonamides is 2. The van der Waals surface area contributed by atoms with Gasteiger partial charge in [-0.15, -0.1) is 5.11 Å². The van der Waals surface area contributed by atoms with E-state index < -0.39 is 42.5 Å². The number of aliphatic hydroxyl groups is 1. The minimum Gasteiger partial charge on any atom is -0.390 e. The zero-order valence-electron chi connectivity index (χ0n) is 17.3. The maximum absolute atomic E-state index is 13.0. The molecule has 0 aliphatic carbocycles. The van der Waals surface area contributed by atoms with Gasteiger partial charge in [-0.05, 0) is 30.2 Å². The maximum atomic E-state index is 13.0. The highest BCUT2D eigenvalue weighted by atomic mass is 32.2. The number of nitrogens with zero attached hydrogens (tertiary/aromatic N) is 5. The quantitative estimate of drug-likeness (QED) is 0.364. The lowest BCUT2D eigenvalue weighted by atomic mass is 10.1. The number of pyridine rings is 1. The smallest absolute Gasteiger partial charge is 0.242 e. The van der Waals surface area contributed by atoms with E-state index in [0.717, 1.165) is 11.6 Å². The molecule has 0 saturated carbocycles. The van der Waals surface area contributed by atoms with Gasteiger partial charge in [-0.1, -0.05) is 6.07 Å². The Morgan fingerprint density at radius 3 is 2.67 bits per heavy atom. The molecule has 3 heterocycles. The first-order valence-corrected chi connectivity index (χ1v) is 12.9. The van der Waals surface area contributed by atoms with E-state index in [1.165, 1.54) is 6.07 Å². The molecule has 0 saturated heterocycles. The van der Waals surface area contributed by atoms with E-state index in [4.69, 9.17) is 10.9 Å². The molecule has 2 aliphatic rings. The van der Waals surface area contributed by atoms with E-state index >= 15 is 0 Å². The number of azo groups is 1. The number of rotatable bonds is 8. The summed E-state index contributed by atoms with van der Waals surface area (Å²) in [6.07, 6.45) is 1.10. The molecule has 13 nitrogen and oxygen atoms in total.